The van der Waals surface area contributed by atoms with E-state index in [1.54, 1.807) is 24.3 Å². The Morgan fingerprint density at radius 3 is 2.87 bits per heavy atom. The van der Waals surface area contributed by atoms with E-state index in [9.17, 15) is 4.79 Å². The molecule has 0 saturated carbocycles. The van der Waals surface area contributed by atoms with E-state index in [0.717, 1.165) is 12.1 Å². The van der Waals surface area contributed by atoms with Crippen molar-refractivity contribution >= 4 is 17.4 Å². The summed E-state index contributed by atoms with van der Waals surface area (Å²) < 4.78 is 0. The summed E-state index contributed by atoms with van der Waals surface area (Å²) in [5.41, 5.74) is 4.72. The maximum absolute atomic E-state index is 10.7. The summed E-state index contributed by atoms with van der Waals surface area (Å²) in [5.74, 6) is -0.935. The van der Waals surface area contributed by atoms with Gasteiger partial charge in [0.1, 0.15) is 0 Å². The minimum atomic E-state index is -0.935. The lowest BCUT2D eigenvalue weighted by Crippen LogP contribution is -1.99. The molecule has 1 rings (SSSR count). The van der Waals surface area contributed by atoms with Crippen molar-refractivity contribution in [2.45, 2.75) is 20.3 Å². The Kier molecular flexibility index (Phi) is 3.85. The van der Waals surface area contributed by atoms with Crippen LogP contribution in [0.15, 0.2) is 29.4 Å². The molecule has 0 heterocycles. The number of anilines is 1. The summed E-state index contributed by atoms with van der Waals surface area (Å²) in [6.45, 7) is 3.92. The fraction of sp³-hybridized carbons (Fsp3) is 0.273. The quantitative estimate of drug-likeness (QED) is 0.588. The molecule has 80 valence electrons. The van der Waals surface area contributed by atoms with Crippen molar-refractivity contribution in [3.05, 3.63) is 29.8 Å². The normalized spacial score (nSPS) is 11.2. The SMILES string of the molecule is CCC(C)=NNc1cccc(C(=O)O)c1. The summed E-state index contributed by atoms with van der Waals surface area (Å²) in [6, 6.07) is 6.56. The number of carbonyl (C=O) groups is 1. The Bertz CT molecular complexity index is 386. The van der Waals surface area contributed by atoms with Crippen molar-refractivity contribution in [1.29, 1.82) is 0 Å². The standard InChI is InChI=1S/C11H14N2O2/c1-3-8(2)12-13-10-6-4-5-9(7-10)11(14)15/h4-7,13H,3H2,1-2H3,(H,14,15). The van der Waals surface area contributed by atoms with Gasteiger partial charge in [-0.15, -0.1) is 0 Å². The molecule has 0 amide bonds. The highest BCUT2D eigenvalue weighted by molar-refractivity contribution is 5.89. The first-order valence-electron chi connectivity index (χ1n) is 4.76. The van der Waals surface area contributed by atoms with Crippen molar-refractivity contribution in [3.8, 4) is 0 Å². The van der Waals surface area contributed by atoms with Gasteiger partial charge in [0.15, 0.2) is 0 Å². The van der Waals surface area contributed by atoms with Crippen LogP contribution < -0.4 is 5.43 Å². The second-order valence-electron chi connectivity index (χ2n) is 3.20. The Labute approximate surface area is 88.6 Å². The molecule has 0 unspecified atom stereocenters. The first kappa shape index (κ1) is 11.2. The predicted molar refractivity (Wildman–Crippen MR) is 60.4 cm³/mol. The Balaban J connectivity index is 2.78. The van der Waals surface area contributed by atoms with E-state index in [1.165, 1.54) is 0 Å². The van der Waals surface area contributed by atoms with Gasteiger partial charge in [-0.05, 0) is 31.5 Å². The molecule has 15 heavy (non-hydrogen) atoms. The van der Waals surface area contributed by atoms with Crippen LogP contribution in [-0.2, 0) is 0 Å². The molecule has 0 aromatic heterocycles. The van der Waals surface area contributed by atoms with Crippen LogP contribution in [0.1, 0.15) is 30.6 Å². The number of hydrogen-bond acceptors (Lipinski definition) is 3. The van der Waals surface area contributed by atoms with Gasteiger partial charge in [-0.25, -0.2) is 4.79 Å². The number of rotatable bonds is 4. The third kappa shape index (κ3) is 3.42. The minimum absolute atomic E-state index is 0.254. The molecule has 0 aliphatic rings. The van der Waals surface area contributed by atoms with Gasteiger partial charge in [-0.3, -0.25) is 5.43 Å². The molecule has 2 N–H and O–H groups in total. The average molecular weight is 206 g/mol. The van der Waals surface area contributed by atoms with E-state index in [0.29, 0.717) is 5.69 Å². The molecule has 0 bridgehead atoms. The molecule has 1 aromatic rings. The zero-order valence-electron chi connectivity index (χ0n) is 8.82. The van der Waals surface area contributed by atoms with Crippen molar-refractivity contribution in [2.75, 3.05) is 5.43 Å². The van der Waals surface area contributed by atoms with Crippen LogP contribution in [-0.4, -0.2) is 16.8 Å². The monoisotopic (exact) mass is 206 g/mol. The van der Waals surface area contributed by atoms with Crippen molar-refractivity contribution in [3.63, 3.8) is 0 Å². The summed E-state index contributed by atoms with van der Waals surface area (Å²) in [6.07, 6.45) is 0.867. The number of nitrogens with zero attached hydrogens (tertiary/aromatic N) is 1. The van der Waals surface area contributed by atoms with Gasteiger partial charge >= 0.3 is 5.97 Å². The predicted octanol–water partition coefficient (Wildman–Crippen LogP) is 2.58. The number of aromatic carboxylic acids is 1. The van der Waals surface area contributed by atoms with Crippen molar-refractivity contribution < 1.29 is 9.90 Å². The summed E-state index contributed by atoms with van der Waals surface area (Å²) >= 11 is 0. The number of hydrazone groups is 1. The topological polar surface area (TPSA) is 61.7 Å². The van der Waals surface area contributed by atoms with Gasteiger partial charge in [0.25, 0.3) is 0 Å². The summed E-state index contributed by atoms with van der Waals surface area (Å²) in [5, 5.41) is 12.9. The highest BCUT2D eigenvalue weighted by Crippen LogP contribution is 2.10. The van der Waals surface area contributed by atoms with Gasteiger partial charge in [0.05, 0.1) is 11.3 Å². The Morgan fingerprint density at radius 1 is 1.53 bits per heavy atom. The molecule has 0 aliphatic heterocycles. The van der Waals surface area contributed by atoms with Crippen molar-refractivity contribution in [2.24, 2.45) is 5.10 Å². The van der Waals surface area contributed by atoms with E-state index in [4.69, 9.17) is 5.11 Å². The van der Waals surface area contributed by atoms with E-state index < -0.39 is 5.97 Å². The lowest BCUT2D eigenvalue weighted by Gasteiger charge is -2.02. The third-order valence-corrected chi connectivity index (χ3v) is 2.00. The van der Waals surface area contributed by atoms with Crippen LogP contribution in [0, 0.1) is 0 Å². The summed E-state index contributed by atoms with van der Waals surface area (Å²) in [7, 11) is 0. The largest absolute Gasteiger partial charge is 0.478 e. The molecule has 0 saturated heterocycles. The lowest BCUT2D eigenvalue weighted by atomic mass is 10.2. The smallest absolute Gasteiger partial charge is 0.335 e. The highest BCUT2D eigenvalue weighted by Gasteiger charge is 2.01. The molecule has 0 fully saturated rings. The molecular formula is C11H14N2O2. The van der Waals surface area contributed by atoms with E-state index >= 15 is 0 Å². The number of carboxylic acid groups (broad SMARTS) is 1. The second-order valence-corrected chi connectivity index (χ2v) is 3.20. The van der Waals surface area contributed by atoms with E-state index in [2.05, 4.69) is 10.5 Å². The molecule has 1 aromatic carbocycles. The zero-order valence-corrected chi connectivity index (χ0v) is 8.82. The van der Waals surface area contributed by atoms with Crippen LogP contribution in [0.25, 0.3) is 0 Å². The molecule has 0 radical (unpaired) electrons. The van der Waals surface area contributed by atoms with E-state index in [-0.39, 0.29) is 5.56 Å². The first-order chi connectivity index (χ1) is 7.13. The fourth-order valence-electron chi connectivity index (χ4n) is 0.961. The molecule has 0 spiro atoms. The minimum Gasteiger partial charge on any atom is -0.478 e. The second kappa shape index (κ2) is 5.14. The molecule has 4 nitrogen and oxygen atoms in total. The number of carboxylic acids is 1. The highest BCUT2D eigenvalue weighted by atomic mass is 16.4. The van der Waals surface area contributed by atoms with Gasteiger partial charge in [0, 0.05) is 5.71 Å². The van der Waals surface area contributed by atoms with Gasteiger partial charge in [-0.1, -0.05) is 13.0 Å². The van der Waals surface area contributed by atoms with Gasteiger partial charge < -0.3 is 5.11 Å². The first-order valence-corrected chi connectivity index (χ1v) is 4.76. The van der Waals surface area contributed by atoms with Crippen molar-refractivity contribution in [1.82, 2.24) is 0 Å². The summed E-state index contributed by atoms with van der Waals surface area (Å²) in [4.78, 5) is 10.7. The van der Waals surface area contributed by atoms with Crippen LogP contribution in [0.3, 0.4) is 0 Å². The number of hydrogen-bond donors (Lipinski definition) is 2. The molecule has 0 atom stereocenters. The van der Waals surface area contributed by atoms with Crippen LogP contribution in [0.4, 0.5) is 5.69 Å². The zero-order chi connectivity index (χ0) is 11.3. The maximum atomic E-state index is 10.7. The number of benzene rings is 1. The fourth-order valence-corrected chi connectivity index (χ4v) is 0.961. The molecule has 0 aliphatic carbocycles. The van der Waals surface area contributed by atoms with Crippen LogP contribution in [0.5, 0.6) is 0 Å². The molecule has 4 heteroatoms. The number of nitrogens with one attached hydrogen (secondary N) is 1. The van der Waals surface area contributed by atoms with Crippen LogP contribution >= 0.6 is 0 Å². The average Bonchev–Trinajstić information content (AvgIpc) is 2.26. The molecular weight excluding hydrogens is 192 g/mol. The Morgan fingerprint density at radius 2 is 2.27 bits per heavy atom. The Hall–Kier alpha value is -1.84. The third-order valence-electron chi connectivity index (χ3n) is 2.00. The van der Waals surface area contributed by atoms with Gasteiger partial charge in [0.2, 0.25) is 0 Å². The maximum Gasteiger partial charge on any atom is 0.335 e. The van der Waals surface area contributed by atoms with Gasteiger partial charge in [-0.2, -0.15) is 5.10 Å². The lowest BCUT2D eigenvalue weighted by molar-refractivity contribution is 0.0697. The van der Waals surface area contributed by atoms with Crippen LogP contribution in [0.2, 0.25) is 0 Å². The van der Waals surface area contributed by atoms with E-state index in [1.807, 2.05) is 13.8 Å².